The Morgan fingerprint density at radius 3 is 3.11 bits per heavy atom. The van der Waals surface area contributed by atoms with Gasteiger partial charge in [-0.1, -0.05) is 25.1 Å². The Labute approximate surface area is 113 Å². The largest absolute Gasteiger partial charge is 0.491 e. The highest BCUT2D eigenvalue weighted by atomic mass is 16.5. The second-order valence-corrected chi connectivity index (χ2v) is 5.54. The average Bonchev–Trinajstić information content (AvgIpc) is 2.82. The molecule has 4 heteroatoms. The molecule has 102 valence electrons. The van der Waals surface area contributed by atoms with E-state index in [1.807, 2.05) is 29.2 Å². The van der Waals surface area contributed by atoms with Gasteiger partial charge in [0.15, 0.2) is 0 Å². The molecule has 2 aliphatic heterocycles. The van der Waals surface area contributed by atoms with E-state index in [-0.39, 0.29) is 12.1 Å². The molecular weight excluding hydrogens is 240 g/mol. The maximum atomic E-state index is 12.3. The van der Waals surface area contributed by atoms with Crippen LogP contribution in [-0.4, -0.2) is 30.6 Å². The Bertz CT molecular complexity index is 475. The summed E-state index contributed by atoms with van der Waals surface area (Å²) in [6, 6.07) is 7.93. The van der Waals surface area contributed by atoms with E-state index in [1.165, 1.54) is 6.42 Å². The minimum Gasteiger partial charge on any atom is -0.491 e. The van der Waals surface area contributed by atoms with Gasteiger partial charge in [0.25, 0.3) is 0 Å². The molecule has 0 aromatic heterocycles. The number of nitrogens with zero attached hydrogens (tertiary/aromatic N) is 1. The fourth-order valence-electron chi connectivity index (χ4n) is 2.90. The molecule has 2 unspecified atom stereocenters. The molecule has 1 fully saturated rings. The quantitative estimate of drug-likeness (QED) is 0.843. The van der Waals surface area contributed by atoms with Crippen molar-refractivity contribution in [1.29, 1.82) is 0 Å². The highest BCUT2D eigenvalue weighted by Crippen LogP contribution is 2.31. The standard InChI is InChI=1S/C15H20N2O2/c1-11-5-4-8-17(9-11)15(18)16-13-10-19-14-7-3-2-6-12(13)14/h2-3,6-7,11,13H,4-5,8-10H2,1H3,(H,16,18). The molecule has 3 rings (SSSR count). The average molecular weight is 260 g/mol. The van der Waals surface area contributed by atoms with Crippen molar-refractivity contribution in [3.05, 3.63) is 29.8 Å². The number of benzene rings is 1. The first-order valence-electron chi connectivity index (χ1n) is 7.01. The Balaban J connectivity index is 1.64. The van der Waals surface area contributed by atoms with Crippen molar-refractivity contribution < 1.29 is 9.53 Å². The van der Waals surface area contributed by atoms with Crippen LogP contribution in [0.2, 0.25) is 0 Å². The molecule has 1 N–H and O–H groups in total. The molecular formula is C15H20N2O2. The molecule has 4 nitrogen and oxygen atoms in total. The maximum Gasteiger partial charge on any atom is 0.318 e. The van der Waals surface area contributed by atoms with Crippen LogP contribution in [0.5, 0.6) is 5.75 Å². The zero-order valence-corrected chi connectivity index (χ0v) is 11.3. The van der Waals surface area contributed by atoms with Crippen LogP contribution in [0.25, 0.3) is 0 Å². The van der Waals surface area contributed by atoms with Crippen LogP contribution in [0, 0.1) is 5.92 Å². The molecule has 2 heterocycles. The number of carbonyl (C=O) groups excluding carboxylic acids is 1. The van der Waals surface area contributed by atoms with Crippen LogP contribution < -0.4 is 10.1 Å². The highest BCUT2D eigenvalue weighted by Gasteiger charge is 2.28. The first kappa shape index (κ1) is 12.3. The second kappa shape index (κ2) is 5.11. The van der Waals surface area contributed by atoms with E-state index >= 15 is 0 Å². The Hall–Kier alpha value is -1.71. The van der Waals surface area contributed by atoms with E-state index in [0.717, 1.165) is 30.8 Å². The molecule has 0 aliphatic carbocycles. The van der Waals surface area contributed by atoms with Gasteiger partial charge in [0.05, 0.1) is 6.04 Å². The maximum absolute atomic E-state index is 12.3. The summed E-state index contributed by atoms with van der Waals surface area (Å²) in [5, 5.41) is 3.09. The predicted molar refractivity (Wildman–Crippen MR) is 73.2 cm³/mol. The van der Waals surface area contributed by atoms with E-state index in [4.69, 9.17) is 4.74 Å². The zero-order valence-electron chi connectivity index (χ0n) is 11.3. The van der Waals surface area contributed by atoms with Gasteiger partial charge in [0.2, 0.25) is 0 Å². The summed E-state index contributed by atoms with van der Waals surface area (Å²) in [7, 11) is 0. The van der Waals surface area contributed by atoms with Gasteiger partial charge in [0, 0.05) is 18.7 Å². The fourth-order valence-corrected chi connectivity index (χ4v) is 2.90. The SMILES string of the molecule is CC1CCCN(C(=O)NC2COc3ccccc32)C1. The Morgan fingerprint density at radius 1 is 1.42 bits per heavy atom. The molecule has 2 atom stereocenters. The lowest BCUT2D eigenvalue weighted by Crippen LogP contribution is -2.46. The van der Waals surface area contributed by atoms with E-state index in [1.54, 1.807) is 0 Å². The number of hydrogen-bond acceptors (Lipinski definition) is 2. The van der Waals surface area contributed by atoms with Gasteiger partial charge in [0.1, 0.15) is 12.4 Å². The molecule has 1 aromatic carbocycles. The summed E-state index contributed by atoms with van der Waals surface area (Å²) in [6.07, 6.45) is 2.32. The van der Waals surface area contributed by atoms with E-state index in [9.17, 15) is 4.79 Å². The van der Waals surface area contributed by atoms with Gasteiger partial charge in [-0.15, -0.1) is 0 Å². The van der Waals surface area contributed by atoms with Gasteiger partial charge in [-0.2, -0.15) is 0 Å². The van der Waals surface area contributed by atoms with Crippen LogP contribution in [0.3, 0.4) is 0 Å². The van der Waals surface area contributed by atoms with Gasteiger partial charge < -0.3 is 15.0 Å². The smallest absolute Gasteiger partial charge is 0.318 e. The monoisotopic (exact) mass is 260 g/mol. The van der Waals surface area contributed by atoms with Crippen LogP contribution in [-0.2, 0) is 0 Å². The lowest BCUT2D eigenvalue weighted by molar-refractivity contribution is 0.164. The van der Waals surface area contributed by atoms with Crippen LogP contribution in [0.1, 0.15) is 31.4 Å². The highest BCUT2D eigenvalue weighted by molar-refractivity contribution is 5.75. The molecule has 2 aliphatic rings. The molecule has 0 radical (unpaired) electrons. The third-order valence-corrected chi connectivity index (χ3v) is 3.94. The van der Waals surface area contributed by atoms with Crippen LogP contribution >= 0.6 is 0 Å². The normalized spacial score (nSPS) is 25.6. The van der Waals surface area contributed by atoms with E-state index in [0.29, 0.717) is 12.5 Å². The first-order valence-corrected chi connectivity index (χ1v) is 7.01. The molecule has 2 amide bonds. The van der Waals surface area contributed by atoms with Gasteiger partial charge in [-0.3, -0.25) is 0 Å². The van der Waals surface area contributed by atoms with Crippen LogP contribution in [0.4, 0.5) is 4.79 Å². The van der Waals surface area contributed by atoms with Gasteiger partial charge in [-0.25, -0.2) is 4.79 Å². The van der Waals surface area contributed by atoms with Crippen molar-refractivity contribution in [3.8, 4) is 5.75 Å². The second-order valence-electron chi connectivity index (χ2n) is 5.54. The van der Waals surface area contributed by atoms with Gasteiger partial charge >= 0.3 is 6.03 Å². The number of hydrogen-bond donors (Lipinski definition) is 1. The zero-order chi connectivity index (χ0) is 13.2. The number of likely N-dealkylation sites (tertiary alicyclic amines) is 1. The van der Waals surface area contributed by atoms with Gasteiger partial charge in [-0.05, 0) is 24.8 Å². The van der Waals surface area contributed by atoms with Crippen molar-refractivity contribution in [2.75, 3.05) is 19.7 Å². The Morgan fingerprint density at radius 2 is 2.26 bits per heavy atom. The molecule has 1 aromatic rings. The summed E-state index contributed by atoms with van der Waals surface area (Å²) < 4.78 is 5.59. The van der Waals surface area contributed by atoms with E-state index < -0.39 is 0 Å². The number of fused-ring (bicyclic) bond motifs is 1. The topological polar surface area (TPSA) is 41.6 Å². The summed E-state index contributed by atoms with van der Waals surface area (Å²) in [5.74, 6) is 1.49. The van der Waals surface area contributed by atoms with Crippen molar-refractivity contribution >= 4 is 6.03 Å². The third-order valence-electron chi connectivity index (χ3n) is 3.94. The molecule has 1 saturated heterocycles. The fraction of sp³-hybridized carbons (Fsp3) is 0.533. The first-order chi connectivity index (χ1) is 9.24. The van der Waals surface area contributed by atoms with Crippen LogP contribution in [0.15, 0.2) is 24.3 Å². The Kier molecular flexibility index (Phi) is 3.32. The summed E-state index contributed by atoms with van der Waals surface area (Å²) in [5.41, 5.74) is 1.08. The van der Waals surface area contributed by atoms with Crippen molar-refractivity contribution in [3.63, 3.8) is 0 Å². The molecule has 19 heavy (non-hydrogen) atoms. The lowest BCUT2D eigenvalue weighted by Gasteiger charge is -2.31. The molecule has 0 spiro atoms. The number of nitrogens with one attached hydrogen (secondary N) is 1. The molecule has 0 saturated carbocycles. The number of piperidine rings is 1. The number of amides is 2. The van der Waals surface area contributed by atoms with Crippen molar-refractivity contribution in [2.24, 2.45) is 5.92 Å². The molecule has 0 bridgehead atoms. The number of ether oxygens (including phenoxy) is 1. The summed E-state index contributed by atoms with van der Waals surface area (Å²) >= 11 is 0. The minimum absolute atomic E-state index is 0.0130. The summed E-state index contributed by atoms with van der Waals surface area (Å²) in [4.78, 5) is 14.2. The third kappa shape index (κ3) is 2.53. The minimum atomic E-state index is -0.0130. The number of para-hydroxylation sites is 1. The lowest BCUT2D eigenvalue weighted by atomic mass is 10.0. The number of carbonyl (C=O) groups is 1. The number of rotatable bonds is 1. The number of urea groups is 1. The predicted octanol–water partition coefficient (Wildman–Crippen LogP) is 2.56. The van der Waals surface area contributed by atoms with Crippen molar-refractivity contribution in [1.82, 2.24) is 10.2 Å². The van der Waals surface area contributed by atoms with Crippen molar-refractivity contribution in [2.45, 2.75) is 25.8 Å². The van der Waals surface area contributed by atoms with E-state index in [2.05, 4.69) is 12.2 Å². The summed E-state index contributed by atoms with van der Waals surface area (Å²) in [6.45, 7) is 4.47.